The first-order valence-corrected chi connectivity index (χ1v) is 8.86. The summed E-state index contributed by atoms with van der Waals surface area (Å²) in [5, 5.41) is 0. The van der Waals surface area contributed by atoms with E-state index < -0.39 is 10.2 Å². The van der Waals surface area contributed by atoms with Crippen LogP contribution in [0.5, 0.6) is 0 Å². The molecule has 2 heterocycles. The summed E-state index contributed by atoms with van der Waals surface area (Å²) in [4.78, 5) is 0. The van der Waals surface area contributed by atoms with Crippen molar-refractivity contribution in [2.75, 3.05) is 39.8 Å². The van der Waals surface area contributed by atoms with E-state index in [1.54, 1.807) is 15.7 Å². The van der Waals surface area contributed by atoms with Crippen LogP contribution in [0.1, 0.15) is 26.2 Å². The Morgan fingerprint density at radius 1 is 1.15 bits per heavy atom. The van der Waals surface area contributed by atoms with Crippen molar-refractivity contribution in [1.82, 2.24) is 8.61 Å². The highest BCUT2D eigenvalue weighted by Crippen LogP contribution is 2.25. The number of piperidine rings is 2. The van der Waals surface area contributed by atoms with Crippen LogP contribution in [-0.4, -0.2) is 63.0 Å². The summed E-state index contributed by atoms with van der Waals surface area (Å²) in [7, 11) is -1.68. The summed E-state index contributed by atoms with van der Waals surface area (Å²) in [5.74, 6) is 0.879. The van der Waals surface area contributed by atoms with Gasteiger partial charge in [0.25, 0.3) is 10.2 Å². The lowest BCUT2D eigenvalue weighted by atomic mass is 9.97. The SMILES string of the molecule is COC1CN(S(=O)(=O)N2CCC(CN)CC2)CCC1C. The third kappa shape index (κ3) is 3.33. The first-order chi connectivity index (χ1) is 9.48. The second-order valence-electron chi connectivity index (χ2n) is 5.98. The van der Waals surface area contributed by atoms with Gasteiger partial charge in [0.1, 0.15) is 0 Å². The Balaban J connectivity index is 2.00. The number of methoxy groups -OCH3 is 1. The van der Waals surface area contributed by atoms with Gasteiger partial charge in [-0.05, 0) is 37.6 Å². The van der Waals surface area contributed by atoms with Crippen LogP contribution >= 0.6 is 0 Å². The maximum atomic E-state index is 12.7. The molecular weight excluding hydrogens is 278 g/mol. The molecule has 2 unspecified atom stereocenters. The number of hydrogen-bond acceptors (Lipinski definition) is 4. The molecule has 7 heteroatoms. The summed E-state index contributed by atoms with van der Waals surface area (Å²) >= 11 is 0. The molecule has 0 aromatic heterocycles. The predicted molar refractivity (Wildman–Crippen MR) is 78.4 cm³/mol. The van der Waals surface area contributed by atoms with Crippen molar-refractivity contribution >= 4 is 10.2 Å². The van der Waals surface area contributed by atoms with Crippen molar-refractivity contribution in [3.63, 3.8) is 0 Å². The van der Waals surface area contributed by atoms with Gasteiger partial charge in [-0.1, -0.05) is 6.92 Å². The Bertz CT molecular complexity index is 407. The molecule has 0 amide bonds. The first-order valence-electron chi connectivity index (χ1n) is 7.47. The molecule has 0 aliphatic carbocycles. The van der Waals surface area contributed by atoms with Gasteiger partial charge in [0.05, 0.1) is 6.10 Å². The Labute approximate surface area is 122 Å². The minimum Gasteiger partial charge on any atom is -0.380 e. The molecule has 2 aliphatic rings. The Morgan fingerprint density at radius 2 is 1.75 bits per heavy atom. The number of nitrogens with two attached hydrogens (primary N) is 1. The molecule has 6 nitrogen and oxygen atoms in total. The monoisotopic (exact) mass is 305 g/mol. The van der Waals surface area contributed by atoms with Gasteiger partial charge in [-0.15, -0.1) is 0 Å². The third-order valence-corrected chi connectivity index (χ3v) is 6.72. The van der Waals surface area contributed by atoms with E-state index in [1.807, 2.05) is 0 Å². The fraction of sp³-hybridized carbons (Fsp3) is 1.00. The van der Waals surface area contributed by atoms with Gasteiger partial charge in [0.2, 0.25) is 0 Å². The highest BCUT2D eigenvalue weighted by molar-refractivity contribution is 7.86. The van der Waals surface area contributed by atoms with Crippen LogP contribution in [0, 0.1) is 11.8 Å². The minimum absolute atomic E-state index is 0.0000980. The van der Waals surface area contributed by atoms with Crippen LogP contribution in [0.4, 0.5) is 0 Å². The smallest absolute Gasteiger partial charge is 0.282 e. The van der Waals surface area contributed by atoms with Crippen molar-refractivity contribution in [2.24, 2.45) is 17.6 Å². The van der Waals surface area contributed by atoms with Crippen LogP contribution in [-0.2, 0) is 14.9 Å². The van der Waals surface area contributed by atoms with Crippen LogP contribution in [0.2, 0.25) is 0 Å². The van der Waals surface area contributed by atoms with Crippen molar-refractivity contribution in [3.05, 3.63) is 0 Å². The largest absolute Gasteiger partial charge is 0.380 e. The van der Waals surface area contributed by atoms with Gasteiger partial charge < -0.3 is 10.5 Å². The molecule has 0 spiro atoms. The zero-order valence-corrected chi connectivity index (χ0v) is 13.3. The fourth-order valence-electron chi connectivity index (χ4n) is 3.06. The number of nitrogens with zero attached hydrogens (tertiary/aromatic N) is 2. The Kier molecular flexibility index (Phi) is 5.42. The molecular formula is C13H27N3O3S. The minimum atomic E-state index is -3.34. The van der Waals surface area contributed by atoms with E-state index in [9.17, 15) is 8.42 Å². The average Bonchev–Trinajstić information content (AvgIpc) is 2.47. The van der Waals surface area contributed by atoms with E-state index in [1.165, 1.54) is 0 Å². The molecule has 20 heavy (non-hydrogen) atoms. The second-order valence-corrected chi connectivity index (χ2v) is 7.91. The van der Waals surface area contributed by atoms with E-state index in [0.717, 1.165) is 19.3 Å². The topological polar surface area (TPSA) is 75.9 Å². The maximum Gasteiger partial charge on any atom is 0.282 e. The zero-order chi connectivity index (χ0) is 14.8. The standard InChI is InChI=1S/C13H27N3O3S/c1-11-3-6-16(10-13(11)19-2)20(17,18)15-7-4-12(9-14)5-8-15/h11-13H,3-10,14H2,1-2H3. The van der Waals surface area contributed by atoms with E-state index in [0.29, 0.717) is 44.6 Å². The normalized spacial score (nSPS) is 31.6. The van der Waals surface area contributed by atoms with Gasteiger partial charge in [-0.3, -0.25) is 0 Å². The molecule has 0 radical (unpaired) electrons. The summed E-state index contributed by atoms with van der Waals surface area (Å²) < 4.78 is 33.9. The molecule has 2 rings (SSSR count). The molecule has 2 N–H and O–H groups in total. The van der Waals surface area contributed by atoms with Gasteiger partial charge >= 0.3 is 0 Å². The predicted octanol–water partition coefficient (Wildman–Crippen LogP) is 0.259. The van der Waals surface area contributed by atoms with Crippen LogP contribution in [0.25, 0.3) is 0 Å². The van der Waals surface area contributed by atoms with Gasteiger partial charge in [0, 0.05) is 33.3 Å². The van der Waals surface area contributed by atoms with Gasteiger partial charge in [0.15, 0.2) is 0 Å². The molecule has 0 aromatic carbocycles. The van der Waals surface area contributed by atoms with E-state index in [4.69, 9.17) is 10.5 Å². The maximum absolute atomic E-state index is 12.7. The summed E-state index contributed by atoms with van der Waals surface area (Å²) in [6.45, 7) is 5.02. The van der Waals surface area contributed by atoms with Crippen molar-refractivity contribution in [2.45, 2.75) is 32.3 Å². The summed E-state index contributed by atoms with van der Waals surface area (Å²) in [6.07, 6.45) is 2.60. The van der Waals surface area contributed by atoms with Crippen molar-refractivity contribution in [1.29, 1.82) is 0 Å². The van der Waals surface area contributed by atoms with Crippen molar-refractivity contribution in [3.8, 4) is 0 Å². The van der Waals surface area contributed by atoms with Gasteiger partial charge in [-0.2, -0.15) is 17.0 Å². The zero-order valence-electron chi connectivity index (χ0n) is 12.5. The molecule has 0 aromatic rings. The highest BCUT2D eigenvalue weighted by atomic mass is 32.2. The fourth-order valence-corrected chi connectivity index (χ4v) is 4.73. The van der Waals surface area contributed by atoms with E-state index >= 15 is 0 Å². The lowest BCUT2D eigenvalue weighted by Gasteiger charge is -2.39. The highest BCUT2D eigenvalue weighted by Gasteiger charge is 2.37. The molecule has 118 valence electrons. The quantitative estimate of drug-likeness (QED) is 0.808. The average molecular weight is 305 g/mol. The van der Waals surface area contributed by atoms with E-state index in [2.05, 4.69) is 6.92 Å². The van der Waals surface area contributed by atoms with E-state index in [-0.39, 0.29) is 6.10 Å². The molecule has 2 aliphatic heterocycles. The lowest BCUT2D eigenvalue weighted by molar-refractivity contribution is 0.0165. The second kappa shape index (κ2) is 6.70. The van der Waals surface area contributed by atoms with Crippen LogP contribution in [0.3, 0.4) is 0 Å². The van der Waals surface area contributed by atoms with Crippen molar-refractivity contribution < 1.29 is 13.2 Å². The first kappa shape index (κ1) is 16.2. The third-order valence-electron chi connectivity index (χ3n) is 4.71. The Hall–Kier alpha value is -0.210. The van der Waals surface area contributed by atoms with Gasteiger partial charge in [-0.25, -0.2) is 0 Å². The summed E-state index contributed by atoms with van der Waals surface area (Å²) in [6, 6.07) is 0. The summed E-state index contributed by atoms with van der Waals surface area (Å²) in [5.41, 5.74) is 5.66. The molecule has 2 fully saturated rings. The molecule has 2 saturated heterocycles. The Morgan fingerprint density at radius 3 is 2.30 bits per heavy atom. The van der Waals surface area contributed by atoms with Crippen LogP contribution < -0.4 is 5.73 Å². The van der Waals surface area contributed by atoms with Crippen LogP contribution in [0.15, 0.2) is 0 Å². The molecule has 0 saturated carbocycles. The number of rotatable bonds is 4. The number of hydrogen-bond donors (Lipinski definition) is 1. The number of ether oxygens (including phenoxy) is 1. The lowest BCUT2D eigenvalue weighted by Crippen LogP contribution is -2.53. The molecule has 0 bridgehead atoms. The molecule has 2 atom stereocenters.